The highest BCUT2D eigenvalue weighted by Gasteiger charge is 2.35. The fourth-order valence-electron chi connectivity index (χ4n) is 1.24. The summed E-state index contributed by atoms with van der Waals surface area (Å²) in [6.07, 6.45) is -3.15. The van der Waals surface area contributed by atoms with Crippen LogP contribution in [0.4, 0.5) is 19.0 Å². The van der Waals surface area contributed by atoms with Gasteiger partial charge < -0.3 is 5.32 Å². The van der Waals surface area contributed by atoms with E-state index in [-0.39, 0.29) is 17.5 Å². The molecule has 0 aliphatic carbocycles. The fourth-order valence-corrected chi connectivity index (χ4v) is 1.43. The molecule has 5 nitrogen and oxygen atoms in total. The monoisotopic (exact) mass is 289 g/mol. The van der Waals surface area contributed by atoms with Crippen LogP contribution < -0.4 is 5.32 Å². The Morgan fingerprint density at radius 3 is 2.68 bits per heavy atom. The molecule has 0 fully saturated rings. The van der Waals surface area contributed by atoms with Gasteiger partial charge in [-0.1, -0.05) is 11.6 Å². The lowest BCUT2D eigenvalue weighted by atomic mass is 10.4. The van der Waals surface area contributed by atoms with E-state index in [9.17, 15) is 13.2 Å². The van der Waals surface area contributed by atoms with Gasteiger partial charge >= 0.3 is 6.18 Å². The molecule has 0 saturated carbocycles. The van der Waals surface area contributed by atoms with Crippen LogP contribution in [0.1, 0.15) is 11.5 Å². The van der Waals surface area contributed by atoms with Crippen LogP contribution in [-0.4, -0.2) is 20.2 Å². The zero-order valence-electron chi connectivity index (χ0n) is 9.32. The number of anilines is 1. The number of alkyl halides is 3. The van der Waals surface area contributed by atoms with E-state index in [4.69, 9.17) is 11.6 Å². The van der Waals surface area contributed by atoms with E-state index in [0.29, 0.717) is 5.69 Å². The minimum Gasteiger partial charge on any atom is -0.364 e. The third-order valence-corrected chi connectivity index (χ3v) is 2.22. The molecule has 0 bridgehead atoms. The molecule has 0 aromatic carbocycles. The Balaban J connectivity index is 2.15. The second kappa shape index (κ2) is 5.35. The number of rotatable bonds is 3. The Morgan fingerprint density at radius 2 is 2.05 bits per heavy atom. The van der Waals surface area contributed by atoms with Gasteiger partial charge in [0.2, 0.25) is 5.82 Å². The van der Waals surface area contributed by atoms with Gasteiger partial charge in [-0.25, -0.2) is 9.97 Å². The summed E-state index contributed by atoms with van der Waals surface area (Å²) >= 11 is 5.52. The van der Waals surface area contributed by atoms with Gasteiger partial charge in [0, 0.05) is 12.3 Å². The van der Waals surface area contributed by atoms with E-state index in [2.05, 4.69) is 25.5 Å². The van der Waals surface area contributed by atoms with Crippen molar-refractivity contribution in [1.82, 2.24) is 20.2 Å². The van der Waals surface area contributed by atoms with Crippen LogP contribution >= 0.6 is 11.6 Å². The third-order valence-electron chi connectivity index (χ3n) is 2.03. The van der Waals surface area contributed by atoms with Crippen molar-refractivity contribution in [3.8, 4) is 0 Å². The molecule has 2 aromatic rings. The Morgan fingerprint density at radius 1 is 1.26 bits per heavy atom. The highest BCUT2D eigenvalue weighted by molar-refractivity contribution is 6.29. The molecule has 0 saturated heterocycles. The standard InChI is InChI=1S/C10H7ClF3N5/c11-7-4-8(18-9(17-7)10(12,13)14)15-5-6-2-1-3-16-19-6/h1-4H,5H2,(H,15,17,18). The van der Waals surface area contributed by atoms with E-state index in [0.717, 1.165) is 0 Å². The molecule has 0 amide bonds. The van der Waals surface area contributed by atoms with Crippen LogP contribution in [-0.2, 0) is 12.7 Å². The summed E-state index contributed by atoms with van der Waals surface area (Å²) < 4.78 is 37.4. The SMILES string of the molecule is FC(F)(F)c1nc(Cl)cc(NCc2cccnn2)n1. The first-order chi connectivity index (χ1) is 8.95. The largest absolute Gasteiger partial charge is 0.451 e. The van der Waals surface area contributed by atoms with Gasteiger partial charge in [0.1, 0.15) is 11.0 Å². The second-order valence-electron chi connectivity index (χ2n) is 3.47. The van der Waals surface area contributed by atoms with Gasteiger partial charge in [0.15, 0.2) is 0 Å². The first-order valence-corrected chi connectivity index (χ1v) is 5.45. The molecule has 0 aliphatic rings. The molecule has 1 N–H and O–H groups in total. The lowest BCUT2D eigenvalue weighted by molar-refractivity contribution is -0.144. The van der Waals surface area contributed by atoms with Crippen LogP contribution in [0.5, 0.6) is 0 Å². The minimum absolute atomic E-state index is 0.0296. The summed E-state index contributed by atoms with van der Waals surface area (Å²) in [6, 6.07) is 4.54. The Kier molecular flexibility index (Phi) is 3.79. The first kappa shape index (κ1) is 13.5. The lowest BCUT2D eigenvalue weighted by Crippen LogP contribution is -2.13. The molecule has 0 unspecified atom stereocenters. The predicted octanol–water partition coefficient (Wildman–Crippen LogP) is 2.55. The van der Waals surface area contributed by atoms with Crippen molar-refractivity contribution >= 4 is 17.4 Å². The molecular weight excluding hydrogens is 283 g/mol. The maximum absolute atomic E-state index is 12.5. The molecule has 0 atom stereocenters. The van der Waals surface area contributed by atoms with Crippen molar-refractivity contribution in [3.63, 3.8) is 0 Å². The Bertz CT molecular complexity index is 561. The Hall–Kier alpha value is -1.96. The smallest absolute Gasteiger partial charge is 0.364 e. The molecule has 100 valence electrons. The highest BCUT2D eigenvalue weighted by atomic mass is 35.5. The van der Waals surface area contributed by atoms with E-state index in [1.54, 1.807) is 12.1 Å². The Labute approximate surface area is 110 Å². The van der Waals surface area contributed by atoms with E-state index in [1.807, 2.05) is 0 Å². The van der Waals surface area contributed by atoms with Crippen molar-refractivity contribution < 1.29 is 13.2 Å². The number of hydrogen-bond donors (Lipinski definition) is 1. The normalized spacial score (nSPS) is 11.4. The van der Waals surface area contributed by atoms with Crippen molar-refractivity contribution in [3.05, 3.63) is 41.1 Å². The summed E-state index contributed by atoms with van der Waals surface area (Å²) in [4.78, 5) is 6.46. The maximum Gasteiger partial charge on any atom is 0.451 e. The van der Waals surface area contributed by atoms with Crippen molar-refractivity contribution in [2.45, 2.75) is 12.7 Å². The van der Waals surface area contributed by atoms with Crippen molar-refractivity contribution in [1.29, 1.82) is 0 Å². The van der Waals surface area contributed by atoms with Crippen molar-refractivity contribution in [2.24, 2.45) is 0 Å². The third kappa shape index (κ3) is 3.75. The van der Waals surface area contributed by atoms with Gasteiger partial charge in [-0.3, -0.25) is 0 Å². The number of nitrogens with zero attached hydrogens (tertiary/aromatic N) is 4. The van der Waals surface area contributed by atoms with E-state index >= 15 is 0 Å². The molecule has 19 heavy (non-hydrogen) atoms. The van der Waals surface area contributed by atoms with E-state index in [1.165, 1.54) is 12.3 Å². The van der Waals surface area contributed by atoms with Crippen LogP contribution in [0.2, 0.25) is 5.15 Å². The van der Waals surface area contributed by atoms with Crippen LogP contribution in [0, 0.1) is 0 Å². The average molecular weight is 290 g/mol. The summed E-state index contributed by atoms with van der Waals surface area (Å²) in [5.41, 5.74) is 0.561. The van der Waals surface area contributed by atoms with Gasteiger partial charge in [-0.2, -0.15) is 23.4 Å². The molecule has 2 aromatic heterocycles. The summed E-state index contributed by atoms with van der Waals surface area (Å²) in [6.45, 7) is 0.179. The van der Waals surface area contributed by atoms with Crippen molar-refractivity contribution in [2.75, 3.05) is 5.32 Å². The first-order valence-electron chi connectivity index (χ1n) is 5.07. The summed E-state index contributed by atoms with van der Waals surface area (Å²) in [5.74, 6) is -1.32. The molecule has 2 heterocycles. The van der Waals surface area contributed by atoms with Crippen LogP contribution in [0.25, 0.3) is 0 Å². The van der Waals surface area contributed by atoms with Gasteiger partial charge in [-0.15, -0.1) is 0 Å². The topological polar surface area (TPSA) is 63.6 Å². The average Bonchev–Trinajstić information content (AvgIpc) is 2.36. The number of hydrogen-bond acceptors (Lipinski definition) is 5. The zero-order valence-corrected chi connectivity index (χ0v) is 10.1. The molecule has 0 radical (unpaired) electrons. The van der Waals surface area contributed by atoms with Crippen LogP contribution in [0.3, 0.4) is 0 Å². The van der Waals surface area contributed by atoms with Crippen LogP contribution in [0.15, 0.2) is 24.4 Å². The number of aromatic nitrogens is 4. The summed E-state index contributed by atoms with van der Waals surface area (Å²) in [5, 5.41) is 9.81. The quantitative estimate of drug-likeness (QED) is 0.880. The fraction of sp³-hybridized carbons (Fsp3) is 0.200. The molecule has 2 rings (SSSR count). The number of halogens is 4. The molecular formula is C10H7ClF3N5. The molecule has 0 aliphatic heterocycles. The maximum atomic E-state index is 12.5. The van der Waals surface area contributed by atoms with E-state index < -0.39 is 12.0 Å². The highest BCUT2D eigenvalue weighted by Crippen LogP contribution is 2.28. The zero-order chi connectivity index (χ0) is 13.9. The minimum atomic E-state index is -4.64. The summed E-state index contributed by atoms with van der Waals surface area (Å²) in [7, 11) is 0. The van der Waals surface area contributed by atoms with Gasteiger partial charge in [0.05, 0.1) is 12.2 Å². The molecule has 0 spiro atoms. The van der Waals surface area contributed by atoms with Gasteiger partial charge in [-0.05, 0) is 12.1 Å². The predicted molar refractivity (Wildman–Crippen MR) is 61.4 cm³/mol. The van der Waals surface area contributed by atoms with Gasteiger partial charge in [0.25, 0.3) is 0 Å². The second-order valence-corrected chi connectivity index (χ2v) is 3.85. The molecule has 9 heteroatoms. The lowest BCUT2D eigenvalue weighted by Gasteiger charge is -2.09. The number of nitrogens with one attached hydrogen (secondary N) is 1.